The summed E-state index contributed by atoms with van der Waals surface area (Å²) in [5.41, 5.74) is 19.1. The molecular formula is C47H27N. The summed E-state index contributed by atoms with van der Waals surface area (Å²) in [4.78, 5) is 4.79. The fourth-order valence-corrected chi connectivity index (χ4v) is 8.76. The number of aromatic nitrogens is 1. The number of fused-ring (bicyclic) bond motifs is 7. The van der Waals surface area contributed by atoms with Crippen LogP contribution in [-0.2, 0) is 0 Å². The summed E-state index contributed by atoms with van der Waals surface area (Å²) < 4.78 is 0. The SMILES string of the molecule is c1ccc(-c2c3c(c(-c4ccccc4)c4ccccc24)-c2ccc(-c4ccc5nccc6c5c4-c4ccccc4-6)c4cccc-3c24)cc1. The van der Waals surface area contributed by atoms with Gasteiger partial charge in [0.15, 0.2) is 0 Å². The monoisotopic (exact) mass is 605 g/mol. The van der Waals surface area contributed by atoms with Crippen molar-refractivity contribution in [3.63, 3.8) is 0 Å². The van der Waals surface area contributed by atoms with Crippen LogP contribution in [0.5, 0.6) is 0 Å². The molecule has 0 unspecified atom stereocenters. The van der Waals surface area contributed by atoms with E-state index in [0.29, 0.717) is 0 Å². The lowest BCUT2D eigenvalue weighted by molar-refractivity contribution is 1.42. The van der Waals surface area contributed by atoms with E-state index in [0.717, 1.165) is 5.52 Å². The first-order valence-corrected chi connectivity index (χ1v) is 16.6. The Morgan fingerprint density at radius 2 is 0.812 bits per heavy atom. The van der Waals surface area contributed by atoms with Gasteiger partial charge in [-0.25, -0.2) is 0 Å². The number of pyridine rings is 1. The van der Waals surface area contributed by atoms with Gasteiger partial charge in [0.2, 0.25) is 0 Å². The maximum atomic E-state index is 4.79. The number of nitrogens with zero attached hydrogens (tertiary/aromatic N) is 1. The maximum absolute atomic E-state index is 4.79. The van der Waals surface area contributed by atoms with Gasteiger partial charge in [-0.2, -0.15) is 0 Å². The molecule has 1 nitrogen and oxygen atoms in total. The Balaban J connectivity index is 1.28. The van der Waals surface area contributed by atoms with Crippen LogP contribution in [0.1, 0.15) is 0 Å². The smallest absolute Gasteiger partial charge is 0.0714 e. The number of rotatable bonds is 3. The molecule has 0 atom stereocenters. The van der Waals surface area contributed by atoms with Crippen molar-refractivity contribution in [1.29, 1.82) is 0 Å². The molecule has 11 rings (SSSR count). The second kappa shape index (κ2) is 9.61. The van der Waals surface area contributed by atoms with Gasteiger partial charge in [-0.15, -0.1) is 0 Å². The van der Waals surface area contributed by atoms with E-state index < -0.39 is 0 Å². The first kappa shape index (κ1) is 25.8. The molecule has 0 radical (unpaired) electrons. The van der Waals surface area contributed by atoms with Gasteiger partial charge in [0.1, 0.15) is 0 Å². The van der Waals surface area contributed by atoms with E-state index in [2.05, 4.69) is 158 Å². The normalized spacial score (nSPS) is 12.2. The molecule has 0 aliphatic heterocycles. The molecule has 1 heterocycles. The van der Waals surface area contributed by atoms with Crippen LogP contribution < -0.4 is 0 Å². The fraction of sp³-hybridized carbons (Fsp3) is 0. The van der Waals surface area contributed by atoms with Crippen molar-refractivity contribution < 1.29 is 0 Å². The van der Waals surface area contributed by atoms with Crippen molar-refractivity contribution in [2.75, 3.05) is 0 Å². The van der Waals surface area contributed by atoms with Crippen LogP contribution in [0, 0.1) is 0 Å². The molecule has 1 heteroatoms. The van der Waals surface area contributed by atoms with Crippen molar-refractivity contribution in [3.8, 4) is 77.9 Å². The first-order valence-electron chi connectivity index (χ1n) is 16.6. The summed E-state index contributed by atoms with van der Waals surface area (Å²) in [6, 6.07) is 58.1. The van der Waals surface area contributed by atoms with E-state index in [1.807, 2.05) is 6.20 Å². The minimum atomic E-state index is 1.05. The summed E-state index contributed by atoms with van der Waals surface area (Å²) in [7, 11) is 0. The molecule has 1 aromatic heterocycles. The zero-order chi connectivity index (χ0) is 31.3. The summed E-state index contributed by atoms with van der Waals surface area (Å²) >= 11 is 0. The highest BCUT2D eigenvalue weighted by Crippen LogP contribution is 2.59. The van der Waals surface area contributed by atoms with Gasteiger partial charge in [0.05, 0.1) is 5.52 Å². The molecule has 2 aliphatic carbocycles. The van der Waals surface area contributed by atoms with Crippen molar-refractivity contribution >= 4 is 32.4 Å². The first-order chi connectivity index (χ1) is 23.9. The molecular weight excluding hydrogens is 579 g/mol. The van der Waals surface area contributed by atoms with E-state index in [1.165, 1.54) is 105 Å². The summed E-state index contributed by atoms with van der Waals surface area (Å²) in [6.45, 7) is 0. The van der Waals surface area contributed by atoms with Crippen molar-refractivity contribution in [3.05, 3.63) is 164 Å². The molecule has 0 bridgehead atoms. The van der Waals surface area contributed by atoms with E-state index in [9.17, 15) is 0 Å². The molecule has 9 aromatic rings. The lowest BCUT2D eigenvalue weighted by Crippen LogP contribution is -1.93. The average Bonchev–Trinajstić information content (AvgIpc) is 3.67. The predicted molar refractivity (Wildman–Crippen MR) is 202 cm³/mol. The molecule has 0 spiro atoms. The number of benzene rings is 8. The van der Waals surface area contributed by atoms with E-state index >= 15 is 0 Å². The zero-order valence-electron chi connectivity index (χ0n) is 26.0. The Bertz CT molecular complexity index is 2720. The third-order valence-electron chi connectivity index (χ3n) is 10.6. The molecule has 0 fully saturated rings. The van der Waals surface area contributed by atoms with Crippen LogP contribution in [0.2, 0.25) is 0 Å². The standard InChI is InChI=1S/C47H27N/c1-3-12-28(13-4-1)41-34-18-9-10-19-35(34)42(29-14-5-2-6-15-29)47-39-23-22-31(32-20-11-21-38(43(32)39)46(41)47)36-24-25-40-45-37(26-27-48-40)30-16-7-8-17-33(30)44(36)45/h1-27H. The molecule has 2 aliphatic rings. The van der Waals surface area contributed by atoms with Crippen LogP contribution in [0.4, 0.5) is 0 Å². The molecule has 8 aromatic carbocycles. The van der Waals surface area contributed by atoms with Gasteiger partial charge < -0.3 is 0 Å². The molecule has 0 N–H and O–H groups in total. The number of hydrogen-bond acceptors (Lipinski definition) is 1. The third-order valence-corrected chi connectivity index (χ3v) is 10.6. The fourth-order valence-electron chi connectivity index (χ4n) is 8.76. The Morgan fingerprint density at radius 3 is 1.52 bits per heavy atom. The predicted octanol–water partition coefficient (Wildman–Crippen LogP) is 12.8. The van der Waals surface area contributed by atoms with Crippen LogP contribution in [0.3, 0.4) is 0 Å². The second-order valence-electron chi connectivity index (χ2n) is 13.0. The Hall–Kier alpha value is -6.31. The van der Waals surface area contributed by atoms with Gasteiger partial charge in [0, 0.05) is 17.1 Å². The third kappa shape index (κ3) is 3.32. The quantitative estimate of drug-likeness (QED) is 0.195. The molecule has 0 amide bonds. The van der Waals surface area contributed by atoms with Crippen molar-refractivity contribution in [1.82, 2.24) is 4.98 Å². The highest BCUT2D eigenvalue weighted by molar-refractivity contribution is 6.29. The summed E-state index contributed by atoms with van der Waals surface area (Å²) in [5, 5.41) is 6.44. The van der Waals surface area contributed by atoms with Crippen LogP contribution in [0.25, 0.3) is 110 Å². The van der Waals surface area contributed by atoms with E-state index in [1.54, 1.807) is 0 Å². The molecule has 0 saturated heterocycles. The lowest BCUT2D eigenvalue weighted by Gasteiger charge is -2.20. The highest BCUT2D eigenvalue weighted by Gasteiger charge is 2.32. The minimum absolute atomic E-state index is 1.05. The topological polar surface area (TPSA) is 12.9 Å². The second-order valence-corrected chi connectivity index (χ2v) is 13.0. The van der Waals surface area contributed by atoms with Crippen LogP contribution >= 0.6 is 0 Å². The number of hydrogen-bond donors (Lipinski definition) is 0. The van der Waals surface area contributed by atoms with Crippen molar-refractivity contribution in [2.24, 2.45) is 0 Å². The van der Waals surface area contributed by atoms with Crippen LogP contribution in [-0.4, -0.2) is 4.98 Å². The van der Waals surface area contributed by atoms with E-state index in [-0.39, 0.29) is 0 Å². The van der Waals surface area contributed by atoms with Gasteiger partial charge in [-0.1, -0.05) is 146 Å². The average molecular weight is 606 g/mol. The van der Waals surface area contributed by atoms with Gasteiger partial charge in [-0.05, 0) is 106 Å². The Morgan fingerprint density at radius 1 is 0.271 bits per heavy atom. The zero-order valence-corrected chi connectivity index (χ0v) is 26.0. The molecule has 220 valence electrons. The largest absolute Gasteiger partial charge is 0.256 e. The van der Waals surface area contributed by atoms with Crippen LogP contribution in [0.15, 0.2) is 164 Å². The van der Waals surface area contributed by atoms with Gasteiger partial charge in [-0.3, -0.25) is 4.98 Å². The Kier molecular flexibility index (Phi) is 5.17. The maximum Gasteiger partial charge on any atom is 0.0714 e. The van der Waals surface area contributed by atoms with Crippen molar-refractivity contribution in [2.45, 2.75) is 0 Å². The Labute approximate surface area is 278 Å². The molecule has 0 saturated carbocycles. The minimum Gasteiger partial charge on any atom is -0.256 e. The highest BCUT2D eigenvalue weighted by atomic mass is 14.7. The summed E-state index contributed by atoms with van der Waals surface area (Å²) in [5.74, 6) is 0. The van der Waals surface area contributed by atoms with E-state index in [4.69, 9.17) is 4.98 Å². The van der Waals surface area contributed by atoms with Gasteiger partial charge >= 0.3 is 0 Å². The van der Waals surface area contributed by atoms with Gasteiger partial charge in [0.25, 0.3) is 0 Å². The molecule has 48 heavy (non-hydrogen) atoms. The lowest BCUT2D eigenvalue weighted by atomic mass is 9.82. The summed E-state index contributed by atoms with van der Waals surface area (Å²) in [6.07, 6.45) is 1.94.